The predicted octanol–water partition coefficient (Wildman–Crippen LogP) is 2.63. The molecule has 4 aromatic rings. The summed E-state index contributed by atoms with van der Waals surface area (Å²) >= 11 is 0. The molecule has 1 saturated carbocycles. The molecule has 1 aliphatic heterocycles. The fraction of sp³-hybridized carbons (Fsp3) is 0.478. The quantitative estimate of drug-likeness (QED) is 0.496. The third-order valence-corrected chi connectivity index (χ3v) is 7.08. The first-order valence-electron chi connectivity index (χ1n) is 11.6. The van der Waals surface area contributed by atoms with Crippen LogP contribution in [0.15, 0.2) is 29.3 Å². The number of anilines is 1. The molecule has 0 amide bonds. The van der Waals surface area contributed by atoms with Crippen LogP contribution in [0.4, 0.5) is 14.6 Å². The van der Waals surface area contributed by atoms with Crippen molar-refractivity contribution < 1.29 is 13.9 Å². The van der Waals surface area contributed by atoms with E-state index in [1.54, 1.807) is 22.2 Å². The third-order valence-electron chi connectivity index (χ3n) is 7.08. The molecular formula is C23H25F2N7O2. The Bertz CT molecular complexity index is 1450. The molecule has 4 heterocycles. The van der Waals surface area contributed by atoms with Crippen molar-refractivity contribution in [3.63, 3.8) is 0 Å². The maximum atomic E-state index is 14.2. The molecule has 6 rings (SSSR count). The Kier molecular flexibility index (Phi) is 4.91. The number of aliphatic hydroxyl groups is 1. The summed E-state index contributed by atoms with van der Waals surface area (Å²) in [5, 5.41) is 9.96. The number of benzene rings is 1. The molecule has 0 unspecified atom stereocenters. The maximum Gasteiger partial charge on any atom is 0.330 e. The van der Waals surface area contributed by atoms with Crippen LogP contribution in [-0.2, 0) is 7.05 Å². The molecule has 1 saturated heterocycles. The molecule has 3 aromatic heterocycles. The summed E-state index contributed by atoms with van der Waals surface area (Å²) in [6.07, 6.45) is 3.11. The highest BCUT2D eigenvalue weighted by molar-refractivity contribution is 5.86. The number of halogens is 2. The van der Waals surface area contributed by atoms with Gasteiger partial charge in [-0.15, -0.1) is 0 Å². The molecule has 1 aromatic carbocycles. The Hall–Kier alpha value is -3.34. The van der Waals surface area contributed by atoms with Crippen molar-refractivity contribution in [3.8, 4) is 5.95 Å². The van der Waals surface area contributed by atoms with Gasteiger partial charge in [0.05, 0.1) is 23.7 Å². The van der Waals surface area contributed by atoms with E-state index in [9.17, 15) is 18.7 Å². The maximum absolute atomic E-state index is 14.2. The molecule has 178 valence electrons. The van der Waals surface area contributed by atoms with Crippen molar-refractivity contribution in [3.05, 3.63) is 40.8 Å². The van der Waals surface area contributed by atoms with Gasteiger partial charge in [0.15, 0.2) is 11.5 Å². The van der Waals surface area contributed by atoms with Crippen LogP contribution in [0, 0.1) is 5.82 Å². The molecule has 0 spiro atoms. The highest BCUT2D eigenvalue weighted by Gasteiger charge is 2.31. The zero-order valence-electron chi connectivity index (χ0n) is 18.7. The van der Waals surface area contributed by atoms with E-state index in [1.165, 1.54) is 23.0 Å². The second-order valence-corrected chi connectivity index (χ2v) is 9.27. The molecular weight excluding hydrogens is 444 g/mol. The fourth-order valence-electron chi connectivity index (χ4n) is 5.26. The standard InChI is InChI=1S/C23H25F2N7O2/c1-29-19-20(30-9-8-14(25)11-30)27-22(31-12-26-17-7-2-13(24)10-18(17)31)28-21(19)32(23(29)34)15-3-5-16(33)6-4-15/h2,7,10,12,14-16,33H,3-6,8-9,11H2,1H3/t14-,15?,16?/m1/s1. The van der Waals surface area contributed by atoms with Crippen molar-refractivity contribution in [1.82, 2.24) is 28.7 Å². The van der Waals surface area contributed by atoms with Crippen molar-refractivity contribution >= 4 is 28.0 Å². The van der Waals surface area contributed by atoms with Crippen molar-refractivity contribution in [2.24, 2.45) is 7.05 Å². The number of hydrogen-bond donors (Lipinski definition) is 1. The van der Waals surface area contributed by atoms with Gasteiger partial charge >= 0.3 is 5.69 Å². The molecule has 2 fully saturated rings. The van der Waals surface area contributed by atoms with Gasteiger partial charge in [-0.25, -0.2) is 18.6 Å². The SMILES string of the molecule is Cn1c(=O)n(C2CCC(O)CC2)c2nc(-n3cnc4ccc(F)cc43)nc(N3CC[C@@H](F)C3)c21. The first-order valence-corrected chi connectivity index (χ1v) is 11.6. The first kappa shape index (κ1) is 21.2. The third kappa shape index (κ3) is 3.29. The Balaban J connectivity index is 1.61. The molecule has 0 radical (unpaired) electrons. The van der Waals surface area contributed by atoms with Crippen LogP contribution in [0.1, 0.15) is 38.1 Å². The van der Waals surface area contributed by atoms with Crippen LogP contribution in [-0.4, -0.2) is 59.1 Å². The van der Waals surface area contributed by atoms with E-state index in [4.69, 9.17) is 9.97 Å². The summed E-state index contributed by atoms with van der Waals surface area (Å²) < 4.78 is 33.0. The van der Waals surface area contributed by atoms with Gasteiger partial charge < -0.3 is 10.0 Å². The number of rotatable bonds is 3. The summed E-state index contributed by atoms with van der Waals surface area (Å²) in [4.78, 5) is 29.1. The van der Waals surface area contributed by atoms with Gasteiger partial charge in [0.2, 0.25) is 5.95 Å². The minimum Gasteiger partial charge on any atom is -0.393 e. The number of hydrogen-bond acceptors (Lipinski definition) is 6. The molecule has 0 bridgehead atoms. The van der Waals surface area contributed by atoms with Crippen molar-refractivity contribution in [2.45, 2.75) is 50.4 Å². The van der Waals surface area contributed by atoms with E-state index in [0.29, 0.717) is 66.7 Å². The number of fused-ring (bicyclic) bond motifs is 2. The molecule has 1 aliphatic carbocycles. The van der Waals surface area contributed by atoms with Crippen LogP contribution < -0.4 is 10.6 Å². The van der Waals surface area contributed by atoms with E-state index in [0.717, 1.165) is 0 Å². The van der Waals surface area contributed by atoms with Crippen LogP contribution in [0.3, 0.4) is 0 Å². The monoisotopic (exact) mass is 469 g/mol. The summed E-state index contributed by atoms with van der Waals surface area (Å²) in [6.45, 7) is 0.654. The Morgan fingerprint density at radius 2 is 1.91 bits per heavy atom. The summed E-state index contributed by atoms with van der Waals surface area (Å²) in [5.41, 5.74) is 1.87. The normalized spacial score (nSPS) is 23.4. The Morgan fingerprint density at radius 1 is 1.12 bits per heavy atom. The van der Waals surface area contributed by atoms with Crippen LogP contribution in [0.2, 0.25) is 0 Å². The lowest BCUT2D eigenvalue weighted by atomic mass is 9.93. The second kappa shape index (κ2) is 7.86. The van der Waals surface area contributed by atoms with E-state index in [2.05, 4.69) is 4.98 Å². The number of imidazole rings is 2. The molecule has 9 nitrogen and oxygen atoms in total. The van der Waals surface area contributed by atoms with Gasteiger partial charge in [-0.3, -0.25) is 13.7 Å². The fourth-order valence-corrected chi connectivity index (χ4v) is 5.26. The Labute approximate surface area is 193 Å². The van der Waals surface area contributed by atoms with Gasteiger partial charge in [0, 0.05) is 25.7 Å². The number of nitrogens with zero attached hydrogens (tertiary/aromatic N) is 7. The van der Waals surface area contributed by atoms with Crippen LogP contribution >= 0.6 is 0 Å². The largest absolute Gasteiger partial charge is 0.393 e. The summed E-state index contributed by atoms with van der Waals surface area (Å²) in [5.74, 6) is 0.313. The number of aromatic nitrogens is 6. The molecule has 34 heavy (non-hydrogen) atoms. The van der Waals surface area contributed by atoms with Gasteiger partial charge in [-0.1, -0.05) is 0 Å². The smallest absolute Gasteiger partial charge is 0.330 e. The van der Waals surface area contributed by atoms with E-state index >= 15 is 0 Å². The van der Waals surface area contributed by atoms with Crippen LogP contribution in [0.5, 0.6) is 0 Å². The van der Waals surface area contributed by atoms with Gasteiger partial charge in [0.1, 0.15) is 23.8 Å². The first-order chi connectivity index (χ1) is 16.4. The lowest BCUT2D eigenvalue weighted by molar-refractivity contribution is 0.110. The lowest BCUT2D eigenvalue weighted by Crippen LogP contribution is -2.30. The Morgan fingerprint density at radius 3 is 2.65 bits per heavy atom. The van der Waals surface area contributed by atoms with Crippen molar-refractivity contribution in [1.29, 1.82) is 0 Å². The zero-order chi connectivity index (χ0) is 23.6. The predicted molar refractivity (Wildman–Crippen MR) is 123 cm³/mol. The minimum absolute atomic E-state index is 0.111. The molecule has 2 aliphatic rings. The topological polar surface area (TPSA) is 94.0 Å². The second-order valence-electron chi connectivity index (χ2n) is 9.27. The number of aryl methyl sites for hydroxylation is 1. The van der Waals surface area contributed by atoms with Gasteiger partial charge in [-0.05, 0) is 44.2 Å². The van der Waals surface area contributed by atoms with E-state index in [-0.39, 0.29) is 30.3 Å². The van der Waals surface area contributed by atoms with E-state index < -0.39 is 12.0 Å². The van der Waals surface area contributed by atoms with Gasteiger partial charge in [-0.2, -0.15) is 9.97 Å². The number of alkyl halides is 1. The summed E-state index contributed by atoms with van der Waals surface area (Å²) in [7, 11) is 1.68. The van der Waals surface area contributed by atoms with Crippen LogP contribution in [0.25, 0.3) is 28.1 Å². The minimum atomic E-state index is -0.976. The average Bonchev–Trinajstić information content (AvgIpc) is 3.51. The molecule has 11 heteroatoms. The zero-order valence-corrected chi connectivity index (χ0v) is 18.7. The van der Waals surface area contributed by atoms with E-state index in [1.807, 2.05) is 4.90 Å². The van der Waals surface area contributed by atoms with Gasteiger partial charge in [0.25, 0.3) is 0 Å². The summed E-state index contributed by atoms with van der Waals surface area (Å²) in [6, 6.07) is 4.18. The van der Waals surface area contributed by atoms with Crippen molar-refractivity contribution in [2.75, 3.05) is 18.0 Å². The average molecular weight is 469 g/mol. The molecule has 1 atom stereocenters. The molecule has 1 N–H and O–H groups in total. The number of aliphatic hydroxyl groups excluding tert-OH is 1. The highest BCUT2D eigenvalue weighted by atomic mass is 19.1. The highest BCUT2D eigenvalue weighted by Crippen LogP contribution is 2.34. The lowest BCUT2D eigenvalue weighted by Gasteiger charge is -2.26.